The Morgan fingerprint density at radius 3 is 2.26 bits per heavy atom. The minimum absolute atomic E-state index is 0.0668. The number of halogens is 1. The maximum Gasteiger partial charge on any atom is 0.343 e. The Morgan fingerprint density at radius 1 is 0.923 bits per heavy atom. The molecule has 0 bridgehead atoms. The van der Waals surface area contributed by atoms with Crippen LogP contribution in [0.3, 0.4) is 0 Å². The molecule has 4 aromatic rings. The van der Waals surface area contributed by atoms with Gasteiger partial charge >= 0.3 is 5.97 Å². The summed E-state index contributed by atoms with van der Waals surface area (Å²) in [6.07, 6.45) is 3.54. The van der Waals surface area contributed by atoms with E-state index in [2.05, 4.69) is 22.1 Å². The number of esters is 1. The maximum atomic E-state index is 12.9. The van der Waals surface area contributed by atoms with E-state index in [0.29, 0.717) is 56.9 Å². The number of benzene rings is 4. The Morgan fingerprint density at radius 2 is 1.59 bits per heavy atom. The van der Waals surface area contributed by atoms with Crippen LogP contribution in [0.25, 0.3) is 0 Å². The lowest BCUT2D eigenvalue weighted by molar-refractivity contribution is 0.0734. The summed E-state index contributed by atoms with van der Waals surface area (Å²) in [7, 11) is 0. The van der Waals surface area contributed by atoms with Crippen LogP contribution in [0.15, 0.2) is 100 Å². The molecule has 4 rings (SSSR count). The van der Waals surface area contributed by atoms with Crippen molar-refractivity contribution in [1.29, 1.82) is 0 Å². The summed E-state index contributed by atoms with van der Waals surface area (Å²) in [6, 6.07) is 24.1. The van der Waals surface area contributed by atoms with Crippen LogP contribution in [-0.2, 0) is 0 Å². The second kappa shape index (κ2) is 13.3. The molecule has 0 amide bonds. The van der Waals surface area contributed by atoms with Crippen LogP contribution in [0.4, 0.5) is 17.1 Å². The van der Waals surface area contributed by atoms with Gasteiger partial charge in [0, 0.05) is 22.9 Å². The Kier molecular flexibility index (Phi) is 9.43. The minimum Gasteiger partial charge on any atom is -0.507 e. The van der Waals surface area contributed by atoms with Gasteiger partial charge in [0.1, 0.15) is 17.2 Å². The van der Waals surface area contributed by atoms with Crippen molar-refractivity contribution in [1.82, 2.24) is 0 Å². The van der Waals surface area contributed by atoms with Crippen molar-refractivity contribution in [2.24, 2.45) is 15.2 Å². The molecule has 0 saturated heterocycles. The summed E-state index contributed by atoms with van der Waals surface area (Å²) in [4.78, 5) is 17.4. The molecular formula is C31H28ClN3O4. The number of hydrogen-bond acceptors (Lipinski definition) is 7. The van der Waals surface area contributed by atoms with Crippen molar-refractivity contribution in [2.45, 2.75) is 26.7 Å². The van der Waals surface area contributed by atoms with Gasteiger partial charge in [0.25, 0.3) is 0 Å². The van der Waals surface area contributed by atoms with Crippen LogP contribution < -0.4 is 9.47 Å². The van der Waals surface area contributed by atoms with Gasteiger partial charge in [0.15, 0.2) is 0 Å². The van der Waals surface area contributed by atoms with E-state index in [1.807, 2.05) is 0 Å². The van der Waals surface area contributed by atoms with Crippen LogP contribution in [-0.4, -0.2) is 23.9 Å². The number of ether oxygens (including phenoxy) is 2. The molecule has 0 heterocycles. The zero-order valence-corrected chi connectivity index (χ0v) is 22.4. The van der Waals surface area contributed by atoms with Gasteiger partial charge in [0.2, 0.25) is 0 Å². The van der Waals surface area contributed by atoms with Gasteiger partial charge in [-0.05, 0) is 91.7 Å². The zero-order valence-electron chi connectivity index (χ0n) is 21.7. The summed E-state index contributed by atoms with van der Waals surface area (Å²) < 4.78 is 11.2. The topological polar surface area (TPSA) is 92.8 Å². The van der Waals surface area contributed by atoms with Gasteiger partial charge in [-0.3, -0.25) is 4.99 Å². The third-order valence-corrected chi connectivity index (χ3v) is 6.04. The lowest BCUT2D eigenvalue weighted by atomic mass is 10.1. The van der Waals surface area contributed by atoms with Crippen molar-refractivity contribution < 1.29 is 19.4 Å². The molecule has 0 aromatic heterocycles. The van der Waals surface area contributed by atoms with Crippen molar-refractivity contribution in [3.8, 4) is 17.2 Å². The SMILES string of the molecule is CCCCOc1ccc(C=Nc2cccc(C(=O)Oc3ccc(N=Nc4ccc(Cl)cc4)cc3)c2C)c(O)c1. The van der Waals surface area contributed by atoms with Crippen molar-refractivity contribution in [3.05, 3.63) is 107 Å². The number of aromatic hydroxyl groups is 1. The summed E-state index contributed by atoms with van der Waals surface area (Å²) in [5, 5.41) is 19.3. The predicted octanol–water partition coefficient (Wildman–Crippen LogP) is 8.92. The van der Waals surface area contributed by atoms with E-state index in [-0.39, 0.29) is 5.75 Å². The molecule has 0 spiro atoms. The highest BCUT2D eigenvalue weighted by molar-refractivity contribution is 6.30. The summed E-state index contributed by atoms with van der Waals surface area (Å²) in [5.74, 6) is 0.551. The molecule has 198 valence electrons. The Balaban J connectivity index is 1.41. The highest BCUT2D eigenvalue weighted by atomic mass is 35.5. The monoisotopic (exact) mass is 541 g/mol. The van der Waals surface area contributed by atoms with Gasteiger partial charge in [-0.2, -0.15) is 10.2 Å². The van der Waals surface area contributed by atoms with Gasteiger partial charge in [-0.15, -0.1) is 0 Å². The first kappa shape index (κ1) is 27.5. The van der Waals surface area contributed by atoms with E-state index in [9.17, 15) is 9.90 Å². The van der Waals surface area contributed by atoms with Crippen molar-refractivity contribution >= 4 is 40.8 Å². The molecule has 0 unspecified atom stereocenters. The molecule has 0 aliphatic carbocycles. The van der Waals surface area contributed by atoms with Gasteiger partial charge in [-0.1, -0.05) is 31.0 Å². The number of carbonyl (C=O) groups excluding carboxylic acids is 1. The number of phenols is 1. The lowest BCUT2D eigenvalue weighted by Gasteiger charge is -2.09. The smallest absolute Gasteiger partial charge is 0.343 e. The first-order valence-corrected chi connectivity index (χ1v) is 12.9. The molecular weight excluding hydrogens is 514 g/mol. The molecule has 1 N–H and O–H groups in total. The number of unbranched alkanes of at least 4 members (excludes halogenated alkanes) is 1. The van der Waals surface area contributed by atoms with E-state index in [0.717, 1.165) is 12.8 Å². The van der Waals surface area contributed by atoms with E-state index in [1.165, 1.54) is 0 Å². The lowest BCUT2D eigenvalue weighted by Crippen LogP contribution is -2.10. The van der Waals surface area contributed by atoms with Gasteiger partial charge in [-0.25, -0.2) is 4.79 Å². The molecule has 0 aliphatic heterocycles. The summed E-state index contributed by atoms with van der Waals surface area (Å²) in [5.41, 5.74) is 3.47. The number of hydrogen-bond donors (Lipinski definition) is 1. The molecule has 0 fully saturated rings. The molecule has 0 atom stereocenters. The Bertz CT molecular complexity index is 1480. The highest BCUT2D eigenvalue weighted by Gasteiger charge is 2.14. The quantitative estimate of drug-likeness (QED) is 0.0712. The average Bonchev–Trinajstić information content (AvgIpc) is 2.94. The van der Waals surface area contributed by atoms with Crippen LogP contribution in [0, 0.1) is 6.92 Å². The van der Waals surface area contributed by atoms with E-state index in [4.69, 9.17) is 21.1 Å². The summed E-state index contributed by atoms with van der Waals surface area (Å²) >= 11 is 5.88. The first-order valence-electron chi connectivity index (χ1n) is 12.5. The predicted molar refractivity (Wildman–Crippen MR) is 154 cm³/mol. The van der Waals surface area contributed by atoms with E-state index in [1.54, 1.807) is 98.1 Å². The Hall–Kier alpha value is -4.49. The Labute approximate surface area is 232 Å². The molecule has 7 nitrogen and oxygen atoms in total. The van der Waals surface area contributed by atoms with Crippen LogP contribution >= 0.6 is 11.6 Å². The van der Waals surface area contributed by atoms with Gasteiger partial charge in [0.05, 0.1) is 29.2 Å². The van der Waals surface area contributed by atoms with E-state index < -0.39 is 5.97 Å². The molecule has 39 heavy (non-hydrogen) atoms. The highest BCUT2D eigenvalue weighted by Crippen LogP contribution is 2.27. The number of aliphatic imine (C=N–C) groups is 1. The second-order valence-corrected chi connectivity index (χ2v) is 9.13. The number of rotatable bonds is 10. The molecule has 0 saturated carbocycles. The van der Waals surface area contributed by atoms with Gasteiger partial charge < -0.3 is 14.6 Å². The fraction of sp³-hybridized carbons (Fsp3) is 0.161. The maximum absolute atomic E-state index is 12.9. The van der Waals surface area contributed by atoms with Crippen LogP contribution in [0.1, 0.15) is 41.3 Å². The number of carbonyl (C=O) groups is 1. The largest absolute Gasteiger partial charge is 0.507 e. The third-order valence-electron chi connectivity index (χ3n) is 5.79. The van der Waals surface area contributed by atoms with Crippen molar-refractivity contribution in [2.75, 3.05) is 6.61 Å². The zero-order chi connectivity index (χ0) is 27.6. The molecule has 8 heteroatoms. The van der Waals surface area contributed by atoms with Crippen molar-refractivity contribution in [3.63, 3.8) is 0 Å². The molecule has 0 radical (unpaired) electrons. The number of nitrogens with zero attached hydrogens (tertiary/aromatic N) is 3. The molecule has 0 aliphatic rings. The molecule has 4 aromatic carbocycles. The fourth-order valence-electron chi connectivity index (χ4n) is 3.55. The second-order valence-electron chi connectivity index (χ2n) is 8.69. The normalized spacial score (nSPS) is 11.3. The fourth-order valence-corrected chi connectivity index (χ4v) is 3.67. The standard InChI is InChI=1S/C31H28ClN3O4/c1-3-4-18-38-27-15-8-22(30(36)19-27)20-33-29-7-5-6-28(21(29)2)31(37)39-26-16-13-25(14-17-26)35-34-24-11-9-23(32)10-12-24/h5-17,19-20,36H,3-4,18H2,1-2H3. The average molecular weight is 542 g/mol. The number of azo groups is 1. The minimum atomic E-state index is -0.503. The van der Waals surface area contributed by atoms with Crippen LogP contribution in [0.2, 0.25) is 5.02 Å². The van der Waals surface area contributed by atoms with Crippen LogP contribution in [0.5, 0.6) is 17.2 Å². The summed E-state index contributed by atoms with van der Waals surface area (Å²) in [6.45, 7) is 4.49. The third kappa shape index (κ3) is 7.75. The first-order chi connectivity index (χ1) is 18.9. The van der Waals surface area contributed by atoms with E-state index >= 15 is 0 Å². The number of phenolic OH excluding ortho intramolecular Hbond substituents is 1.